The van der Waals surface area contributed by atoms with E-state index in [0.29, 0.717) is 13.1 Å². The summed E-state index contributed by atoms with van der Waals surface area (Å²) in [7, 11) is 4.89. The number of methoxy groups -OCH3 is 1. The van der Waals surface area contributed by atoms with E-state index in [4.69, 9.17) is 9.15 Å². The number of nitrogens with zero attached hydrogens (tertiary/aromatic N) is 3. The number of amides is 1. The van der Waals surface area contributed by atoms with Crippen LogP contribution in [0.3, 0.4) is 0 Å². The smallest absolute Gasteiger partial charge is 0.374 e. The molecule has 0 radical (unpaired) electrons. The number of rotatable bonds is 5. The third-order valence-corrected chi connectivity index (χ3v) is 4.04. The van der Waals surface area contributed by atoms with Crippen molar-refractivity contribution in [1.29, 1.82) is 0 Å². The lowest BCUT2D eigenvalue weighted by Crippen LogP contribution is -2.48. The predicted molar refractivity (Wildman–Crippen MR) is 85.2 cm³/mol. The molecular formula is C16H25N3O4. The predicted octanol–water partition coefficient (Wildman–Crippen LogP) is 0.580. The van der Waals surface area contributed by atoms with Gasteiger partial charge >= 0.3 is 5.97 Å². The Labute approximate surface area is 136 Å². The third kappa shape index (κ3) is 4.56. The van der Waals surface area contributed by atoms with E-state index < -0.39 is 5.97 Å². The molecule has 1 aromatic heterocycles. The van der Waals surface area contributed by atoms with Crippen molar-refractivity contribution >= 4 is 11.9 Å². The standard InChI is InChI=1S/C16H25N3O4/c1-12-9-13(23-15(12)16(21)22-4)10-18-5-7-19(8-6-18)11-14(20)17(2)3/h9H,5-8,10-11H2,1-4H3. The summed E-state index contributed by atoms with van der Waals surface area (Å²) < 4.78 is 10.3. The monoisotopic (exact) mass is 323 g/mol. The molecule has 7 heteroatoms. The van der Waals surface area contributed by atoms with Crippen molar-refractivity contribution in [3.05, 3.63) is 23.2 Å². The lowest BCUT2D eigenvalue weighted by Gasteiger charge is -2.34. The molecular weight excluding hydrogens is 298 g/mol. The minimum absolute atomic E-state index is 0.128. The fourth-order valence-corrected chi connectivity index (χ4v) is 2.58. The highest BCUT2D eigenvalue weighted by molar-refractivity contribution is 5.87. The fraction of sp³-hybridized carbons (Fsp3) is 0.625. The van der Waals surface area contributed by atoms with Crippen LogP contribution in [0.1, 0.15) is 21.9 Å². The molecule has 2 rings (SSSR count). The Morgan fingerprint density at radius 2 is 1.83 bits per heavy atom. The molecule has 0 aromatic carbocycles. The highest BCUT2D eigenvalue weighted by Gasteiger charge is 2.22. The second-order valence-electron chi connectivity index (χ2n) is 6.06. The summed E-state index contributed by atoms with van der Waals surface area (Å²) in [5, 5.41) is 0. The molecule has 2 heterocycles. The van der Waals surface area contributed by atoms with Gasteiger partial charge in [0.15, 0.2) is 0 Å². The SMILES string of the molecule is COC(=O)c1oc(CN2CCN(CC(=O)N(C)C)CC2)cc1C. The number of ether oxygens (including phenoxy) is 1. The van der Waals surface area contributed by atoms with Crippen molar-refractivity contribution in [2.45, 2.75) is 13.5 Å². The maximum Gasteiger partial charge on any atom is 0.374 e. The Balaban J connectivity index is 1.85. The molecule has 0 saturated carbocycles. The first-order valence-electron chi connectivity index (χ1n) is 7.73. The first-order valence-corrected chi connectivity index (χ1v) is 7.73. The molecule has 23 heavy (non-hydrogen) atoms. The summed E-state index contributed by atoms with van der Waals surface area (Å²) in [4.78, 5) is 29.3. The summed E-state index contributed by atoms with van der Waals surface area (Å²) in [6.45, 7) is 6.40. The van der Waals surface area contributed by atoms with Gasteiger partial charge in [0.2, 0.25) is 11.7 Å². The molecule has 1 aliphatic heterocycles. The first-order chi connectivity index (χ1) is 10.9. The van der Waals surface area contributed by atoms with E-state index >= 15 is 0 Å². The summed E-state index contributed by atoms with van der Waals surface area (Å²) in [6.07, 6.45) is 0. The normalized spacial score (nSPS) is 16.3. The average Bonchev–Trinajstić information content (AvgIpc) is 2.88. The lowest BCUT2D eigenvalue weighted by molar-refractivity contribution is -0.130. The second-order valence-corrected chi connectivity index (χ2v) is 6.06. The number of piperazine rings is 1. The zero-order chi connectivity index (χ0) is 17.0. The van der Waals surface area contributed by atoms with E-state index in [0.717, 1.165) is 37.5 Å². The lowest BCUT2D eigenvalue weighted by atomic mass is 10.2. The molecule has 0 bridgehead atoms. The number of carbonyl (C=O) groups is 2. The molecule has 128 valence electrons. The molecule has 1 aromatic rings. The number of hydrogen-bond donors (Lipinski definition) is 0. The molecule has 1 fully saturated rings. The van der Waals surface area contributed by atoms with Crippen LogP contribution in [0, 0.1) is 6.92 Å². The van der Waals surface area contributed by atoms with Crippen LogP contribution in [0.15, 0.2) is 10.5 Å². The number of likely N-dealkylation sites (N-methyl/N-ethyl adjacent to an activating group) is 1. The van der Waals surface area contributed by atoms with Crippen LogP contribution >= 0.6 is 0 Å². The van der Waals surface area contributed by atoms with Gasteiger partial charge < -0.3 is 14.1 Å². The Morgan fingerprint density at radius 1 is 1.22 bits per heavy atom. The number of furan rings is 1. The van der Waals surface area contributed by atoms with Crippen LogP contribution in [0.5, 0.6) is 0 Å². The quantitative estimate of drug-likeness (QED) is 0.739. The number of hydrogen-bond acceptors (Lipinski definition) is 6. The summed E-state index contributed by atoms with van der Waals surface area (Å²) in [5.74, 6) is 0.724. The van der Waals surface area contributed by atoms with Crippen molar-refractivity contribution in [2.75, 3.05) is 53.9 Å². The van der Waals surface area contributed by atoms with Gasteiger partial charge in [0.1, 0.15) is 5.76 Å². The number of carbonyl (C=O) groups excluding carboxylic acids is 2. The van der Waals surface area contributed by atoms with E-state index in [1.165, 1.54) is 7.11 Å². The Kier molecular flexibility index (Phi) is 5.79. The van der Waals surface area contributed by atoms with E-state index in [1.807, 2.05) is 13.0 Å². The highest BCUT2D eigenvalue weighted by atomic mass is 16.5. The molecule has 0 aliphatic carbocycles. The average molecular weight is 323 g/mol. The van der Waals surface area contributed by atoms with Crippen LogP contribution in [0.25, 0.3) is 0 Å². The van der Waals surface area contributed by atoms with Crippen LogP contribution < -0.4 is 0 Å². The van der Waals surface area contributed by atoms with Gasteiger partial charge in [0, 0.05) is 45.8 Å². The maximum absolute atomic E-state index is 11.7. The maximum atomic E-state index is 11.7. The molecule has 0 spiro atoms. The van der Waals surface area contributed by atoms with E-state index in [9.17, 15) is 9.59 Å². The molecule has 7 nitrogen and oxygen atoms in total. The van der Waals surface area contributed by atoms with E-state index in [-0.39, 0.29) is 11.7 Å². The Bertz CT molecular complexity index is 560. The van der Waals surface area contributed by atoms with Gasteiger partial charge in [-0.2, -0.15) is 0 Å². The summed E-state index contributed by atoms with van der Waals surface area (Å²) in [6, 6.07) is 1.88. The van der Waals surface area contributed by atoms with Gasteiger partial charge in [-0.25, -0.2) is 4.79 Å². The molecule has 0 unspecified atom stereocenters. The molecule has 0 atom stereocenters. The molecule has 1 aliphatic rings. The zero-order valence-electron chi connectivity index (χ0n) is 14.3. The Morgan fingerprint density at radius 3 is 2.39 bits per heavy atom. The van der Waals surface area contributed by atoms with Gasteiger partial charge in [0.05, 0.1) is 20.2 Å². The van der Waals surface area contributed by atoms with Crippen molar-refractivity contribution in [3.8, 4) is 0 Å². The van der Waals surface area contributed by atoms with Gasteiger partial charge in [-0.15, -0.1) is 0 Å². The van der Waals surface area contributed by atoms with Crippen LogP contribution in [-0.2, 0) is 16.1 Å². The van der Waals surface area contributed by atoms with Crippen LogP contribution in [0.4, 0.5) is 0 Å². The van der Waals surface area contributed by atoms with E-state index in [2.05, 4.69) is 9.80 Å². The first kappa shape index (κ1) is 17.5. The zero-order valence-corrected chi connectivity index (χ0v) is 14.3. The van der Waals surface area contributed by atoms with Gasteiger partial charge in [-0.1, -0.05) is 0 Å². The van der Waals surface area contributed by atoms with E-state index in [1.54, 1.807) is 19.0 Å². The number of aryl methyl sites for hydroxylation is 1. The highest BCUT2D eigenvalue weighted by Crippen LogP contribution is 2.18. The second kappa shape index (κ2) is 7.61. The van der Waals surface area contributed by atoms with Gasteiger partial charge in [-0.3, -0.25) is 14.6 Å². The minimum atomic E-state index is -0.444. The number of esters is 1. The topological polar surface area (TPSA) is 66.2 Å². The molecule has 0 N–H and O–H groups in total. The minimum Gasteiger partial charge on any atom is -0.463 e. The largest absolute Gasteiger partial charge is 0.463 e. The van der Waals surface area contributed by atoms with Gasteiger partial charge in [0.25, 0.3) is 0 Å². The summed E-state index contributed by atoms with van der Waals surface area (Å²) >= 11 is 0. The van der Waals surface area contributed by atoms with Gasteiger partial charge in [-0.05, 0) is 13.0 Å². The van der Waals surface area contributed by atoms with Crippen molar-refractivity contribution in [2.24, 2.45) is 0 Å². The van der Waals surface area contributed by atoms with Crippen molar-refractivity contribution in [3.63, 3.8) is 0 Å². The van der Waals surface area contributed by atoms with Crippen LogP contribution in [-0.4, -0.2) is 80.5 Å². The molecule has 1 saturated heterocycles. The van der Waals surface area contributed by atoms with Crippen molar-refractivity contribution in [1.82, 2.24) is 14.7 Å². The third-order valence-electron chi connectivity index (χ3n) is 4.04. The van der Waals surface area contributed by atoms with Crippen molar-refractivity contribution < 1.29 is 18.7 Å². The molecule has 1 amide bonds. The fourth-order valence-electron chi connectivity index (χ4n) is 2.58. The van der Waals surface area contributed by atoms with Crippen LogP contribution in [0.2, 0.25) is 0 Å². The summed E-state index contributed by atoms with van der Waals surface area (Å²) in [5.41, 5.74) is 0.794. The Hall–Kier alpha value is -1.86.